The van der Waals surface area contributed by atoms with E-state index in [-0.39, 0.29) is 6.79 Å². The smallest absolute Gasteiger partial charge is 0.319 e. The van der Waals surface area contributed by atoms with Gasteiger partial charge in [-0.3, -0.25) is 4.57 Å². The molecule has 0 atom stereocenters. The Morgan fingerprint density at radius 1 is 1.08 bits per heavy atom. The van der Waals surface area contributed by atoms with Crippen molar-refractivity contribution < 1.29 is 18.3 Å². The van der Waals surface area contributed by atoms with Crippen LogP contribution in [0.2, 0.25) is 0 Å². The second-order valence-corrected chi connectivity index (χ2v) is 5.44. The first-order valence-corrected chi connectivity index (χ1v) is 7.34. The number of alkyl halides is 2. The third-order valence-corrected chi connectivity index (χ3v) is 3.86. The van der Waals surface area contributed by atoms with Gasteiger partial charge in [0.2, 0.25) is 6.79 Å². The fraction of sp³-hybridized carbons (Fsp3) is 0.250. The van der Waals surface area contributed by atoms with Crippen LogP contribution in [0.1, 0.15) is 18.1 Å². The molecule has 0 unspecified atom stereocenters. The maximum absolute atomic E-state index is 13.4. The number of ether oxygens (including phenoxy) is 2. The van der Waals surface area contributed by atoms with Gasteiger partial charge in [0, 0.05) is 11.8 Å². The van der Waals surface area contributed by atoms with Crippen LogP contribution in [0.25, 0.3) is 17.2 Å². The van der Waals surface area contributed by atoms with Crippen LogP contribution in [0, 0.1) is 13.8 Å². The largest absolute Gasteiger partial charge is 0.454 e. The number of benzene rings is 1. The Hall–Kier alpha value is -2.90. The molecule has 24 heavy (non-hydrogen) atoms. The van der Waals surface area contributed by atoms with Crippen molar-refractivity contribution in [3.63, 3.8) is 0 Å². The van der Waals surface area contributed by atoms with Crippen molar-refractivity contribution in [1.82, 2.24) is 19.3 Å². The summed E-state index contributed by atoms with van der Waals surface area (Å²) >= 11 is 0. The number of hydrogen-bond donors (Lipinski definition) is 0. The molecule has 0 saturated carbocycles. The molecule has 0 N–H and O–H groups in total. The first kappa shape index (κ1) is 14.7. The van der Waals surface area contributed by atoms with Gasteiger partial charge in [0.15, 0.2) is 17.3 Å². The molecule has 0 aliphatic carbocycles. The Balaban J connectivity index is 1.88. The summed E-state index contributed by atoms with van der Waals surface area (Å²) in [5, 5.41) is 4.34. The summed E-state index contributed by atoms with van der Waals surface area (Å²) in [6, 6.07) is 8.55. The van der Waals surface area contributed by atoms with E-state index < -0.39 is 6.55 Å². The number of aryl methyl sites for hydroxylation is 2. The van der Waals surface area contributed by atoms with E-state index in [1.54, 1.807) is 44.2 Å². The summed E-state index contributed by atoms with van der Waals surface area (Å²) in [5.41, 5.74) is 1.42. The van der Waals surface area contributed by atoms with Gasteiger partial charge in [-0.15, -0.1) is 0 Å². The standard InChI is InChI=1S/C16H14F2N4O2/c1-9-3-5-12(21(9)16(17)18)15-19-10(2)20-22(15)11-4-6-13-14(7-11)24-8-23-13/h3-7,16H,8H2,1-2H3. The average molecular weight is 332 g/mol. The van der Waals surface area contributed by atoms with Gasteiger partial charge in [-0.2, -0.15) is 13.9 Å². The molecule has 0 amide bonds. The lowest BCUT2D eigenvalue weighted by molar-refractivity contribution is 0.0702. The second kappa shape index (κ2) is 5.33. The highest BCUT2D eigenvalue weighted by Gasteiger charge is 2.22. The molecule has 8 heteroatoms. The van der Waals surface area contributed by atoms with E-state index in [1.165, 1.54) is 4.68 Å². The normalized spacial score (nSPS) is 13.0. The predicted molar refractivity (Wildman–Crippen MR) is 81.6 cm³/mol. The molecule has 4 rings (SSSR count). The van der Waals surface area contributed by atoms with Crippen molar-refractivity contribution in [2.45, 2.75) is 20.4 Å². The number of hydrogen-bond acceptors (Lipinski definition) is 4. The van der Waals surface area contributed by atoms with Crippen molar-refractivity contribution >= 4 is 0 Å². The second-order valence-electron chi connectivity index (χ2n) is 5.44. The van der Waals surface area contributed by atoms with Gasteiger partial charge >= 0.3 is 6.55 Å². The maximum Gasteiger partial charge on any atom is 0.319 e. The summed E-state index contributed by atoms with van der Waals surface area (Å²) < 4.78 is 39.9. The highest BCUT2D eigenvalue weighted by molar-refractivity contribution is 5.58. The lowest BCUT2D eigenvalue weighted by atomic mass is 10.2. The van der Waals surface area contributed by atoms with Gasteiger partial charge in [0.05, 0.1) is 11.4 Å². The molecule has 3 heterocycles. The van der Waals surface area contributed by atoms with Crippen molar-refractivity contribution in [1.29, 1.82) is 0 Å². The zero-order valence-electron chi connectivity index (χ0n) is 13.0. The number of fused-ring (bicyclic) bond motifs is 1. The van der Waals surface area contributed by atoms with Gasteiger partial charge in [-0.05, 0) is 38.1 Å². The van der Waals surface area contributed by atoms with Gasteiger partial charge < -0.3 is 9.47 Å². The monoisotopic (exact) mass is 332 g/mol. The van der Waals surface area contributed by atoms with E-state index in [9.17, 15) is 8.78 Å². The van der Waals surface area contributed by atoms with Gasteiger partial charge in [0.1, 0.15) is 5.82 Å². The van der Waals surface area contributed by atoms with Gasteiger partial charge in [-0.25, -0.2) is 9.67 Å². The van der Waals surface area contributed by atoms with Crippen LogP contribution in [0.5, 0.6) is 11.5 Å². The first-order chi connectivity index (χ1) is 11.5. The van der Waals surface area contributed by atoms with Crippen molar-refractivity contribution in [2.24, 2.45) is 0 Å². The SMILES string of the molecule is Cc1nc(-c2ccc(C)n2C(F)F)n(-c2ccc3c(c2)OCO3)n1. The molecule has 0 fully saturated rings. The number of aromatic nitrogens is 4. The van der Waals surface area contributed by atoms with Crippen LogP contribution in [0.4, 0.5) is 8.78 Å². The summed E-state index contributed by atoms with van der Waals surface area (Å²) in [6.45, 7) is 0.853. The Morgan fingerprint density at radius 3 is 2.67 bits per heavy atom. The van der Waals surface area contributed by atoms with Crippen LogP contribution in [-0.4, -0.2) is 26.1 Å². The molecule has 6 nitrogen and oxygen atoms in total. The van der Waals surface area contributed by atoms with Crippen LogP contribution in [0.15, 0.2) is 30.3 Å². The number of halogens is 2. The molecule has 1 aliphatic rings. The Morgan fingerprint density at radius 2 is 1.88 bits per heavy atom. The average Bonchev–Trinajstić information content (AvgIpc) is 3.23. The van der Waals surface area contributed by atoms with Crippen molar-refractivity contribution in [3.05, 3.63) is 41.9 Å². The number of rotatable bonds is 3. The van der Waals surface area contributed by atoms with Gasteiger partial charge in [-0.1, -0.05) is 0 Å². The highest BCUT2D eigenvalue weighted by atomic mass is 19.3. The minimum atomic E-state index is -2.66. The Labute approximate surface area is 136 Å². The summed E-state index contributed by atoms with van der Waals surface area (Å²) in [7, 11) is 0. The van der Waals surface area contributed by atoms with Gasteiger partial charge in [0.25, 0.3) is 0 Å². The van der Waals surface area contributed by atoms with Crippen LogP contribution >= 0.6 is 0 Å². The third kappa shape index (κ3) is 2.22. The molecule has 0 bridgehead atoms. The Kier molecular flexibility index (Phi) is 3.26. The van der Waals surface area contributed by atoms with E-state index >= 15 is 0 Å². The predicted octanol–water partition coefficient (Wildman–Crippen LogP) is 3.48. The summed E-state index contributed by atoms with van der Waals surface area (Å²) in [6.07, 6.45) is 0. The molecule has 1 aromatic carbocycles. The van der Waals surface area contributed by atoms with Crippen LogP contribution in [-0.2, 0) is 0 Å². The molecule has 0 saturated heterocycles. The van der Waals surface area contributed by atoms with E-state index in [4.69, 9.17) is 9.47 Å². The minimum absolute atomic E-state index is 0.162. The topological polar surface area (TPSA) is 54.1 Å². The molecule has 0 radical (unpaired) electrons. The van der Waals surface area contributed by atoms with E-state index in [1.807, 2.05) is 0 Å². The number of nitrogens with zero attached hydrogens (tertiary/aromatic N) is 4. The maximum atomic E-state index is 13.4. The lowest BCUT2D eigenvalue weighted by Crippen LogP contribution is -2.07. The fourth-order valence-corrected chi connectivity index (χ4v) is 2.77. The Bertz CT molecular complexity index is 917. The zero-order valence-corrected chi connectivity index (χ0v) is 13.0. The molecule has 0 spiro atoms. The summed E-state index contributed by atoms with van der Waals surface area (Å²) in [4.78, 5) is 4.33. The molecule has 1 aliphatic heterocycles. The molecule has 2 aromatic heterocycles. The molecular weight excluding hydrogens is 318 g/mol. The molecular formula is C16H14F2N4O2. The van der Waals surface area contributed by atoms with E-state index in [0.29, 0.717) is 40.2 Å². The van der Waals surface area contributed by atoms with E-state index in [0.717, 1.165) is 4.57 Å². The van der Waals surface area contributed by atoms with Crippen molar-refractivity contribution in [3.8, 4) is 28.7 Å². The molecule has 124 valence electrons. The minimum Gasteiger partial charge on any atom is -0.454 e. The third-order valence-electron chi connectivity index (χ3n) is 3.86. The quantitative estimate of drug-likeness (QED) is 0.737. The van der Waals surface area contributed by atoms with Crippen LogP contribution < -0.4 is 9.47 Å². The lowest BCUT2D eigenvalue weighted by Gasteiger charge is -2.11. The van der Waals surface area contributed by atoms with E-state index in [2.05, 4.69) is 10.1 Å². The fourth-order valence-electron chi connectivity index (χ4n) is 2.77. The van der Waals surface area contributed by atoms with Crippen LogP contribution in [0.3, 0.4) is 0 Å². The summed E-state index contributed by atoms with van der Waals surface area (Å²) in [5.74, 6) is 2.07. The first-order valence-electron chi connectivity index (χ1n) is 7.34. The molecule has 3 aromatic rings. The van der Waals surface area contributed by atoms with Crippen molar-refractivity contribution in [2.75, 3.05) is 6.79 Å². The highest BCUT2D eigenvalue weighted by Crippen LogP contribution is 2.35. The zero-order chi connectivity index (χ0) is 16.8.